The zero-order valence-electron chi connectivity index (χ0n) is 19.2. The van der Waals surface area contributed by atoms with Crippen LogP contribution in [0.2, 0.25) is 0 Å². The first-order chi connectivity index (χ1) is 15.1. The van der Waals surface area contributed by atoms with Crippen molar-refractivity contribution in [1.29, 1.82) is 0 Å². The SMILES string of the molecule is CCc1c2c(cc3c1C[C@]1(C3)Cc3cc4c(c(C(=O)OC)c3C1)CCCC4)CCCC2. The zero-order chi connectivity index (χ0) is 21.2. The van der Waals surface area contributed by atoms with Crippen LogP contribution in [0.15, 0.2) is 12.1 Å². The number of aryl methyl sites for hydroxylation is 2. The Morgan fingerprint density at radius 1 is 0.774 bits per heavy atom. The number of hydrogen-bond acceptors (Lipinski definition) is 2. The number of fused-ring (bicyclic) bond motifs is 4. The van der Waals surface area contributed by atoms with E-state index in [4.69, 9.17) is 4.74 Å². The van der Waals surface area contributed by atoms with Crippen molar-refractivity contribution >= 4 is 5.97 Å². The average molecular weight is 415 g/mol. The Hall–Kier alpha value is -2.09. The summed E-state index contributed by atoms with van der Waals surface area (Å²) in [6, 6.07) is 5.05. The maximum absolute atomic E-state index is 12.9. The summed E-state index contributed by atoms with van der Waals surface area (Å²) < 4.78 is 5.31. The van der Waals surface area contributed by atoms with E-state index in [0.717, 1.165) is 37.7 Å². The highest BCUT2D eigenvalue weighted by Crippen LogP contribution is 2.51. The molecular formula is C29H34O2. The molecule has 162 valence electrons. The Morgan fingerprint density at radius 2 is 1.35 bits per heavy atom. The van der Waals surface area contributed by atoms with Crippen molar-refractivity contribution in [3.8, 4) is 0 Å². The number of carbonyl (C=O) groups is 1. The van der Waals surface area contributed by atoms with Crippen molar-refractivity contribution in [2.24, 2.45) is 5.41 Å². The van der Waals surface area contributed by atoms with Gasteiger partial charge in [-0.3, -0.25) is 0 Å². The van der Waals surface area contributed by atoms with Crippen LogP contribution in [-0.2, 0) is 62.5 Å². The van der Waals surface area contributed by atoms with E-state index in [1.54, 1.807) is 34.9 Å². The van der Waals surface area contributed by atoms with Gasteiger partial charge in [0, 0.05) is 0 Å². The molecule has 2 heteroatoms. The van der Waals surface area contributed by atoms with Crippen LogP contribution < -0.4 is 0 Å². The van der Waals surface area contributed by atoms with Crippen molar-refractivity contribution in [2.45, 2.75) is 90.4 Å². The topological polar surface area (TPSA) is 26.3 Å². The van der Waals surface area contributed by atoms with Crippen LogP contribution in [0.25, 0.3) is 0 Å². The lowest BCUT2D eigenvalue weighted by atomic mass is 9.80. The van der Waals surface area contributed by atoms with Crippen LogP contribution in [0, 0.1) is 5.41 Å². The molecule has 0 N–H and O–H groups in total. The molecule has 0 radical (unpaired) electrons. The molecule has 0 heterocycles. The maximum Gasteiger partial charge on any atom is 0.338 e. The lowest BCUT2D eigenvalue weighted by molar-refractivity contribution is 0.0597. The number of benzene rings is 2. The van der Waals surface area contributed by atoms with E-state index in [0.29, 0.717) is 0 Å². The predicted octanol–water partition coefficient (Wildman–Crippen LogP) is 5.68. The molecule has 2 aromatic rings. The largest absolute Gasteiger partial charge is 0.465 e. The predicted molar refractivity (Wildman–Crippen MR) is 124 cm³/mol. The molecule has 31 heavy (non-hydrogen) atoms. The van der Waals surface area contributed by atoms with Crippen molar-refractivity contribution in [3.05, 3.63) is 67.8 Å². The molecule has 4 aliphatic carbocycles. The number of rotatable bonds is 2. The summed E-state index contributed by atoms with van der Waals surface area (Å²) in [6.07, 6.45) is 15.5. The Labute approximate surface area is 186 Å². The molecule has 1 atom stereocenters. The lowest BCUT2D eigenvalue weighted by Crippen LogP contribution is -2.22. The average Bonchev–Trinajstić information content (AvgIpc) is 3.32. The minimum Gasteiger partial charge on any atom is -0.465 e. The third kappa shape index (κ3) is 2.93. The zero-order valence-corrected chi connectivity index (χ0v) is 19.2. The van der Waals surface area contributed by atoms with E-state index >= 15 is 0 Å². The Bertz CT molecular complexity index is 1090. The van der Waals surface area contributed by atoms with Crippen LogP contribution in [0.5, 0.6) is 0 Å². The first-order valence-corrected chi connectivity index (χ1v) is 12.5. The second-order valence-corrected chi connectivity index (χ2v) is 10.6. The Morgan fingerprint density at radius 3 is 2.03 bits per heavy atom. The molecule has 6 rings (SSSR count). The van der Waals surface area contributed by atoms with Gasteiger partial charge in [-0.1, -0.05) is 19.1 Å². The smallest absolute Gasteiger partial charge is 0.338 e. The number of hydrogen-bond donors (Lipinski definition) is 0. The van der Waals surface area contributed by atoms with Crippen LogP contribution >= 0.6 is 0 Å². The maximum atomic E-state index is 12.9. The molecule has 0 fully saturated rings. The molecule has 0 aromatic heterocycles. The molecule has 0 saturated carbocycles. The third-order valence-electron chi connectivity index (χ3n) is 8.80. The van der Waals surface area contributed by atoms with E-state index in [2.05, 4.69) is 19.1 Å². The summed E-state index contributed by atoms with van der Waals surface area (Å²) in [6.45, 7) is 2.35. The van der Waals surface area contributed by atoms with E-state index in [1.165, 1.54) is 73.6 Å². The van der Waals surface area contributed by atoms with E-state index in [-0.39, 0.29) is 11.4 Å². The summed E-state index contributed by atoms with van der Waals surface area (Å²) in [5, 5.41) is 0. The van der Waals surface area contributed by atoms with Crippen molar-refractivity contribution in [1.82, 2.24) is 0 Å². The van der Waals surface area contributed by atoms with Gasteiger partial charge >= 0.3 is 5.97 Å². The van der Waals surface area contributed by atoms with Gasteiger partial charge in [-0.2, -0.15) is 0 Å². The summed E-state index contributed by atoms with van der Waals surface area (Å²) in [7, 11) is 1.55. The summed E-state index contributed by atoms with van der Waals surface area (Å²) >= 11 is 0. The molecule has 4 aliphatic rings. The van der Waals surface area contributed by atoms with Crippen LogP contribution in [0.1, 0.15) is 93.0 Å². The van der Waals surface area contributed by atoms with E-state index in [9.17, 15) is 4.79 Å². The molecule has 0 amide bonds. The van der Waals surface area contributed by atoms with Crippen LogP contribution in [-0.4, -0.2) is 13.1 Å². The van der Waals surface area contributed by atoms with Gasteiger partial charge in [0.05, 0.1) is 12.7 Å². The van der Waals surface area contributed by atoms with Gasteiger partial charge in [0.1, 0.15) is 0 Å². The molecule has 0 unspecified atom stereocenters. The fourth-order valence-corrected chi connectivity index (χ4v) is 7.57. The van der Waals surface area contributed by atoms with Crippen molar-refractivity contribution < 1.29 is 9.53 Å². The highest BCUT2D eigenvalue weighted by Gasteiger charge is 2.45. The molecule has 1 spiro atoms. The molecule has 0 aliphatic heterocycles. The molecular weight excluding hydrogens is 380 g/mol. The number of esters is 1. The monoisotopic (exact) mass is 414 g/mol. The van der Waals surface area contributed by atoms with E-state index in [1.807, 2.05) is 0 Å². The van der Waals surface area contributed by atoms with Gasteiger partial charge in [0.15, 0.2) is 0 Å². The third-order valence-corrected chi connectivity index (χ3v) is 8.80. The quantitative estimate of drug-likeness (QED) is 0.591. The van der Waals surface area contributed by atoms with Gasteiger partial charge in [0.2, 0.25) is 0 Å². The van der Waals surface area contributed by atoms with Gasteiger partial charge in [-0.25, -0.2) is 4.79 Å². The van der Waals surface area contributed by atoms with Crippen molar-refractivity contribution in [2.75, 3.05) is 7.11 Å². The fourth-order valence-electron chi connectivity index (χ4n) is 7.57. The minimum atomic E-state index is -0.104. The molecule has 2 aromatic carbocycles. The fraction of sp³-hybridized carbons (Fsp3) is 0.552. The Kier molecular flexibility index (Phi) is 4.56. The first kappa shape index (κ1) is 19.6. The van der Waals surface area contributed by atoms with Gasteiger partial charge < -0.3 is 4.74 Å². The van der Waals surface area contributed by atoms with Gasteiger partial charge in [-0.05, 0) is 139 Å². The summed E-state index contributed by atoms with van der Waals surface area (Å²) in [5.41, 5.74) is 15.0. The second kappa shape index (κ2) is 7.22. The minimum absolute atomic E-state index is 0.104. The second-order valence-electron chi connectivity index (χ2n) is 10.6. The number of ether oxygens (including phenoxy) is 1. The normalized spacial score (nSPS) is 23.3. The molecule has 2 nitrogen and oxygen atoms in total. The number of carbonyl (C=O) groups excluding carboxylic acids is 1. The van der Waals surface area contributed by atoms with Crippen LogP contribution in [0.4, 0.5) is 0 Å². The van der Waals surface area contributed by atoms with Crippen LogP contribution in [0.3, 0.4) is 0 Å². The molecule has 0 bridgehead atoms. The summed E-state index contributed by atoms with van der Waals surface area (Å²) in [5.74, 6) is -0.104. The van der Waals surface area contributed by atoms with Crippen molar-refractivity contribution in [3.63, 3.8) is 0 Å². The lowest BCUT2D eigenvalue weighted by Gasteiger charge is -2.23. The van der Waals surface area contributed by atoms with Gasteiger partial charge in [0.25, 0.3) is 0 Å². The highest BCUT2D eigenvalue weighted by atomic mass is 16.5. The molecule has 0 saturated heterocycles. The van der Waals surface area contributed by atoms with Gasteiger partial charge in [-0.15, -0.1) is 0 Å². The Balaban J connectivity index is 1.43. The van der Waals surface area contributed by atoms with E-state index < -0.39 is 0 Å². The standard InChI is InChI=1S/C29H34O2/c1-3-22-23-10-6-4-8-18(23)12-20-14-29(16-25(20)22)15-21-13-19-9-5-7-11-24(19)27(26(21)17-29)28(30)31-2/h12-13H,3-11,14-17H2,1-2H3/t29-/m0/s1. The highest BCUT2D eigenvalue weighted by molar-refractivity contribution is 5.94. The first-order valence-electron chi connectivity index (χ1n) is 12.5. The summed E-state index contributed by atoms with van der Waals surface area (Å²) in [4.78, 5) is 12.9. The number of methoxy groups -OCH3 is 1.